The standard InChI is InChI=1S/C57H109NO5/c1-4-7-10-13-16-19-22-25-27-29-32-35-38-41-44-47-50-57(62)63-53(48-45-42-39-36-33-31-28-26-23-20-17-14-11-8-5-2)51-56(61)58-54(52-59)55(60)49-46-43-40-37-34-30-24-21-18-15-12-9-6-3/h27,29,32,35,53-55,59-60H,4-26,28,30-31,33-34,36-52H2,1-3H3,(H,58,61)/b29-27+,35-32+. The molecule has 0 aliphatic rings. The second kappa shape index (κ2) is 51.3. The average molecular weight is 889 g/mol. The molecule has 0 saturated heterocycles. The van der Waals surface area contributed by atoms with Crippen LogP contribution in [0.15, 0.2) is 24.3 Å². The Morgan fingerprint density at radius 3 is 1.17 bits per heavy atom. The quantitative estimate of drug-likeness (QED) is 0.0321. The Bertz CT molecular complexity index is 997. The molecular formula is C57H109NO5. The SMILES string of the molecule is CCCCCCCCC/C=C/C=C/CCCCCC(=O)OC(CCCCCCCCCCCCCCCCC)CC(=O)NC(CO)C(O)CCCCCCCCCCCCCCC. The molecule has 3 N–H and O–H groups in total. The van der Waals surface area contributed by atoms with E-state index < -0.39 is 18.2 Å². The van der Waals surface area contributed by atoms with Gasteiger partial charge in [-0.15, -0.1) is 0 Å². The summed E-state index contributed by atoms with van der Waals surface area (Å²) in [5.41, 5.74) is 0. The monoisotopic (exact) mass is 888 g/mol. The van der Waals surface area contributed by atoms with Gasteiger partial charge in [-0.25, -0.2) is 0 Å². The zero-order valence-corrected chi connectivity index (χ0v) is 42.5. The highest BCUT2D eigenvalue weighted by Gasteiger charge is 2.24. The van der Waals surface area contributed by atoms with E-state index in [9.17, 15) is 19.8 Å². The fourth-order valence-corrected chi connectivity index (χ4v) is 8.78. The molecule has 0 fully saturated rings. The molecule has 0 aromatic rings. The molecule has 0 saturated carbocycles. The van der Waals surface area contributed by atoms with Crippen molar-refractivity contribution in [3.05, 3.63) is 24.3 Å². The summed E-state index contributed by atoms with van der Waals surface area (Å²) >= 11 is 0. The summed E-state index contributed by atoms with van der Waals surface area (Å²) < 4.78 is 5.95. The Morgan fingerprint density at radius 1 is 0.460 bits per heavy atom. The number of aliphatic hydroxyl groups is 2. The number of aliphatic hydroxyl groups excluding tert-OH is 2. The summed E-state index contributed by atoms with van der Waals surface area (Å²) in [6.45, 7) is 6.50. The van der Waals surface area contributed by atoms with Gasteiger partial charge in [-0.3, -0.25) is 9.59 Å². The molecular weight excluding hydrogens is 779 g/mol. The van der Waals surface area contributed by atoms with Gasteiger partial charge in [0.25, 0.3) is 0 Å². The second-order valence-electron chi connectivity index (χ2n) is 19.4. The summed E-state index contributed by atoms with van der Waals surface area (Å²) in [6.07, 6.45) is 59.5. The molecule has 6 heteroatoms. The van der Waals surface area contributed by atoms with E-state index in [-0.39, 0.29) is 24.9 Å². The molecule has 63 heavy (non-hydrogen) atoms. The maximum atomic E-state index is 13.2. The largest absolute Gasteiger partial charge is 0.462 e. The van der Waals surface area contributed by atoms with Gasteiger partial charge in [-0.05, 0) is 51.4 Å². The highest BCUT2D eigenvalue weighted by atomic mass is 16.5. The molecule has 0 spiro atoms. The van der Waals surface area contributed by atoms with Crippen molar-refractivity contribution in [3.8, 4) is 0 Å². The van der Waals surface area contributed by atoms with Crippen molar-refractivity contribution < 1.29 is 24.5 Å². The molecule has 0 heterocycles. The highest BCUT2D eigenvalue weighted by Crippen LogP contribution is 2.19. The van der Waals surface area contributed by atoms with Gasteiger partial charge < -0.3 is 20.3 Å². The molecule has 0 aliphatic carbocycles. The molecule has 0 aromatic heterocycles. The molecule has 1 amide bonds. The van der Waals surface area contributed by atoms with E-state index in [1.807, 2.05) is 0 Å². The third-order valence-corrected chi connectivity index (χ3v) is 13.1. The summed E-state index contributed by atoms with van der Waals surface area (Å²) in [6, 6.07) is -0.702. The molecule has 0 rings (SSSR count). The van der Waals surface area contributed by atoms with Crippen LogP contribution in [0.25, 0.3) is 0 Å². The molecule has 0 bridgehead atoms. The number of amides is 1. The lowest BCUT2D eigenvalue weighted by Crippen LogP contribution is -2.46. The second-order valence-corrected chi connectivity index (χ2v) is 19.4. The number of rotatable bonds is 51. The molecule has 0 aromatic carbocycles. The number of hydrogen-bond acceptors (Lipinski definition) is 5. The smallest absolute Gasteiger partial charge is 0.306 e. The number of hydrogen-bond donors (Lipinski definition) is 3. The predicted octanol–water partition coefficient (Wildman–Crippen LogP) is 17.1. The number of carbonyl (C=O) groups is 2. The van der Waals surface area contributed by atoms with Crippen LogP contribution in [-0.2, 0) is 14.3 Å². The molecule has 3 unspecified atom stereocenters. The third kappa shape index (κ3) is 46.7. The third-order valence-electron chi connectivity index (χ3n) is 13.1. The number of esters is 1. The van der Waals surface area contributed by atoms with E-state index in [1.165, 1.54) is 199 Å². The lowest BCUT2D eigenvalue weighted by atomic mass is 10.0. The Morgan fingerprint density at radius 2 is 0.794 bits per heavy atom. The van der Waals surface area contributed by atoms with Crippen LogP contribution < -0.4 is 5.32 Å². The van der Waals surface area contributed by atoms with Crippen molar-refractivity contribution in [1.29, 1.82) is 0 Å². The number of ether oxygens (including phenoxy) is 1. The first kappa shape index (κ1) is 61.3. The van der Waals surface area contributed by atoms with Gasteiger partial charge in [-0.1, -0.05) is 263 Å². The van der Waals surface area contributed by atoms with Crippen molar-refractivity contribution in [1.82, 2.24) is 5.32 Å². The van der Waals surface area contributed by atoms with E-state index >= 15 is 0 Å². The van der Waals surface area contributed by atoms with E-state index in [4.69, 9.17) is 4.74 Å². The summed E-state index contributed by atoms with van der Waals surface area (Å²) in [5, 5.41) is 23.8. The number of unbranched alkanes of at least 4 members (excludes halogenated alkanes) is 36. The normalized spacial score (nSPS) is 13.3. The van der Waals surface area contributed by atoms with Gasteiger partial charge in [0.2, 0.25) is 5.91 Å². The first-order chi connectivity index (χ1) is 31.0. The minimum Gasteiger partial charge on any atom is -0.462 e. The van der Waals surface area contributed by atoms with Gasteiger partial charge in [0.15, 0.2) is 0 Å². The van der Waals surface area contributed by atoms with Gasteiger partial charge in [0.1, 0.15) is 6.10 Å². The number of nitrogens with one attached hydrogen (secondary N) is 1. The van der Waals surface area contributed by atoms with Gasteiger partial charge in [0, 0.05) is 6.42 Å². The van der Waals surface area contributed by atoms with E-state index in [0.717, 1.165) is 57.8 Å². The molecule has 0 radical (unpaired) electrons. The van der Waals surface area contributed by atoms with Crippen molar-refractivity contribution in [2.45, 2.75) is 322 Å². The Kier molecular flexibility index (Phi) is 50.0. The lowest BCUT2D eigenvalue weighted by Gasteiger charge is -2.24. The van der Waals surface area contributed by atoms with Gasteiger partial charge in [-0.2, -0.15) is 0 Å². The summed E-state index contributed by atoms with van der Waals surface area (Å²) in [7, 11) is 0. The predicted molar refractivity (Wildman–Crippen MR) is 273 cm³/mol. The Balaban J connectivity index is 4.58. The zero-order valence-electron chi connectivity index (χ0n) is 42.5. The Hall–Kier alpha value is -1.66. The topological polar surface area (TPSA) is 95.9 Å². The Labute approximate surface area is 392 Å². The van der Waals surface area contributed by atoms with Crippen LogP contribution in [0.1, 0.15) is 303 Å². The van der Waals surface area contributed by atoms with E-state index in [2.05, 4.69) is 50.4 Å². The average Bonchev–Trinajstić information content (AvgIpc) is 3.28. The number of allylic oxidation sites excluding steroid dienone is 4. The highest BCUT2D eigenvalue weighted by molar-refractivity contribution is 5.77. The minimum atomic E-state index is -0.788. The first-order valence-electron chi connectivity index (χ1n) is 28.1. The fraction of sp³-hybridized carbons (Fsp3) is 0.895. The minimum absolute atomic E-state index is 0.0730. The van der Waals surface area contributed by atoms with Crippen LogP contribution in [0.4, 0.5) is 0 Å². The molecule has 372 valence electrons. The maximum Gasteiger partial charge on any atom is 0.306 e. The van der Waals surface area contributed by atoms with Crippen LogP contribution in [0.5, 0.6) is 0 Å². The van der Waals surface area contributed by atoms with Crippen LogP contribution in [0.2, 0.25) is 0 Å². The number of carbonyl (C=O) groups excluding carboxylic acids is 2. The van der Waals surface area contributed by atoms with Crippen LogP contribution in [-0.4, -0.2) is 46.9 Å². The summed E-state index contributed by atoms with van der Waals surface area (Å²) in [4.78, 5) is 26.2. The summed E-state index contributed by atoms with van der Waals surface area (Å²) in [5.74, 6) is -0.487. The molecule has 0 aliphatic heterocycles. The van der Waals surface area contributed by atoms with Gasteiger partial charge >= 0.3 is 5.97 Å². The fourth-order valence-electron chi connectivity index (χ4n) is 8.78. The molecule has 6 nitrogen and oxygen atoms in total. The van der Waals surface area contributed by atoms with E-state index in [0.29, 0.717) is 19.3 Å². The lowest BCUT2D eigenvalue weighted by molar-refractivity contribution is -0.151. The van der Waals surface area contributed by atoms with Crippen molar-refractivity contribution in [2.75, 3.05) is 6.61 Å². The van der Waals surface area contributed by atoms with Crippen LogP contribution >= 0.6 is 0 Å². The zero-order chi connectivity index (χ0) is 45.9. The maximum absolute atomic E-state index is 13.2. The van der Waals surface area contributed by atoms with Crippen LogP contribution in [0, 0.1) is 0 Å². The van der Waals surface area contributed by atoms with E-state index in [1.54, 1.807) is 0 Å². The van der Waals surface area contributed by atoms with Crippen LogP contribution in [0.3, 0.4) is 0 Å². The van der Waals surface area contributed by atoms with Crippen molar-refractivity contribution >= 4 is 11.9 Å². The van der Waals surface area contributed by atoms with Crippen molar-refractivity contribution in [2.24, 2.45) is 0 Å². The first-order valence-corrected chi connectivity index (χ1v) is 28.1. The van der Waals surface area contributed by atoms with Gasteiger partial charge in [0.05, 0.1) is 25.2 Å². The molecule has 3 atom stereocenters. The van der Waals surface area contributed by atoms with Crippen molar-refractivity contribution in [3.63, 3.8) is 0 Å².